The molecule has 1 unspecified atom stereocenters. The van der Waals surface area contributed by atoms with Gasteiger partial charge in [-0.2, -0.15) is 0 Å². The lowest BCUT2D eigenvalue weighted by Crippen LogP contribution is -2.60. The van der Waals surface area contributed by atoms with Crippen LogP contribution in [0.25, 0.3) is 0 Å². The Hall–Kier alpha value is -2.99. The van der Waals surface area contributed by atoms with Gasteiger partial charge in [-0.1, -0.05) is 11.6 Å². The van der Waals surface area contributed by atoms with Crippen LogP contribution < -0.4 is 15.0 Å². The van der Waals surface area contributed by atoms with Gasteiger partial charge in [0.2, 0.25) is 0 Å². The van der Waals surface area contributed by atoms with E-state index in [-0.39, 0.29) is 23.9 Å². The number of carbonyl (C=O) groups excluding carboxylic acids is 2. The van der Waals surface area contributed by atoms with E-state index in [1.807, 2.05) is 0 Å². The smallest absolute Gasteiger partial charge is 0.406 e. The minimum Gasteiger partial charge on any atom is -0.406 e. The first kappa shape index (κ1) is 24.6. The summed E-state index contributed by atoms with van der Waals surface area (Å²) in [6.45, 7) is 1.99. The number of alkyl halides is 5. The number of rotatable bonds is 7. The Labute approximate surface area is 190 Å². The van der Waals surface area contributed by atoms with Gasteiger partial charge in [0.15, 0.2) is 5.54 Å². The Balaban J connectivity index is 2.08. The fourth-order valence-corrected chi connectivity index (χ4v) is 3.48. The number of nitrogens with one attached hydrogen (secondary N) is 1. The third-order valence-corrected chi connectivity index (χ3v) is 5.20. The molecule has 2 amide bonds. The van der Waals surface area contributed by atoms with Crippen LogP contribution in [0.2, 0.25) is 0 Å². The quantitative estimate of drug-likeness (QED) is 0.473. The van der Waals surface area contributed by atoms with E-state index in [0.717, 1.165) is 29.2 Å². The van der Waals surface area contributed by atoms with Crippen LogP contribution in [0.3, 0.4) is 0 Å². The predicted octanol–water partition coefficient (Wildman–Crippen LogP) is 3.06. The third-order valence-electron chi connectivity index (χ3n) is 5.01. The van der Waals surface area contributed by atoms with Gasteiger partial charge in [0.05, 0.1) is 12.6 Å². The molecule has 1 aromatic heterocycles. The molecule has 0 bridgehead atoms. The molecule has 2 heterocycles. The summed E-state index contributed by atoms with van der Waals surface area (Å²) >= 11 is 5.45. The Morgan fingerprint density at radius 2 is 1.88 bits per heavy atom. The number of ether oxygens (including phenoxy) is 2. The normalized spacial score (nSPS) is 18.8. The summed E-state index contributed by atoms with van der Waals surface area (Å²) in [5.41, 5.74) is -4.47. The first-order valence-corrected chi connectivity index (χ1v) is 10.1. The van der Waals surface area contributed by atoms with Crippen molar-refractivity contribution < 1.29 is 36.6 Å². The van der Waals surface area contributed by atoms with Crippen molar-refractivity contribution in [2.75, 3.05) is 18.1 Å². The first-order chi connectivity index (χ1) is 15.5. The Morgan fingerprint density at radius 3 is 2.39 bits per heavy atom. The van der Waals surface area contributed by atoms with Gasteiger partial charge in [-0.25, -0.2) is 14.4 Å². The summed E-state index contributed by atoms with van der Waals surface area (Å²) in [7, 11) is 0. The molecule has 0 radical (unpaired) electrons. The second-order valence-corrected chi connectivity index (χ2v) is 7.63. The van der Waals surface area contributed by atoms with E-state index < -0.39 is 35.1 Å². The highest BCUT2D eigenvalue weighted by Crippen LogP contribution is 2.36. The zero-order valence-corrected chi connectivity index (χ0v) is 17.9. The van der Waals surface area contributed by atoms with Crippen LogP contribution in [0.4, 0.5) is 23.2 Å². The zero-order chi connectivity index (χ0) is 24.2. The standard InChI is InChI=1S/C20H19ClF4N4O4/c1-19(12-8-26-11-27-9-12,18(31)28-13-6-7-32-10-13)29(17(30)16(21)22)14-2-4-15(5-3-14)33-20(23,24)25/h2-5,8-9,11,13,16H,6-7,10H2,1H3,(H,28,31)/t13?,16-,19-/m0/s1. The van der Waals surface area contributed by atoms with Crippen molar-refractivity contribution in [3.63, 3.8) is 0 Å². The first-order valence-electron chi connectivity index (χ1n) is 9.64. The number of hydrogen-bond acceptors (Lipinski definition) is 6. The second kappa shape index (κ2) is 9.87. The van der Waals surface area contributed by atoms with Crippen molar-refractivity contribution in [3.8, 4) is 5.75 Å². The van der Waals surface area contributed by atoms with Gasteiger partial charge in [0.1, 0.15) is 12.1 Å². The van der Waals surface area contributed by atoms with E-state index >= 15 is 0 Å². The molecule has 1 aromatic carbocycles. The monoisotopic (exact) mass is 490 g/mol. The maximum absolute atomic E-state index is 14.1. The molecular formula is C20H19ClF4N4O4. The van der Waals surface area contributed by atoms with Gasteiger partial charge >= 0.3 is 6.36 Å². The molecule has 3 rings (SSSR count). The van der Waals surface area contributed by atoms with Crippen LogP contribution in [0, 0.1) is 0 Å². The van der Waals surface area contributed by atoms with E-state index in [0.29, 0.717) is 13.0 Å². The summed E-state index contributed by atoms with van der Waals surface area (Å²) in [6.07, 6.45) is -0.690. The minimum absolute atomic E-state index is 0.109. The summed E-state index contributed by atoms with van der Waals surface area (Å²) in [5, 5.41) is 2.75. The number of aromatic nitrogens is 2. The maximum Gasteiger partial charge on any atom is 0.573 e. The number of carbonyl (C=O) groups is 2. The molecule has 8 nitrogen and oxygen atoms in total. The predicted molar refractivity (Wildman–Crippen MR) is 108 cm³/mol. The topological polar surface area (TPSA) is 93.6 Å². The van der Waals surface area contributed by atoms with Gasteiger partial charge in [0.25, 0.3) is 17.4 Å². The zero-order valence-electron chi connectivity index (χ0n) is 17.2. The molecule has 178 valence electrons. The molecule has 0 aliphatic carbocycles. The second-order valence-electron chi connectivity index (χ2n) is 7.25. The third kappa shape index (κ3) is 5.69. The van der Waals surface area contributed by atoms with Crippen LogP contribution in [0.15, 0.2) is 43.0 Å². The molecule has 1 N–H and O–H groups in total. The summed E-state index contributed by atoms with van der Waals surface area (Å²) < 4.78 is 60.7. The van der Waals surface area contributed by atoms with Crippen LogP contribution in [0.5, 0.6) is 5.75 Å². The van der Waals surface area contributed by atoms with Crippen molar-refractivity contribution in [1.29, 1.82) is 0 Å². The lowest BCUT2D eigenvalue weighted by atomic mass is 9.89. The van der Waals surface area contributed by atoms with Crippen molar-refractivity contribution in [2.24, 2.45) is 0 Å². The summed E-state index contributed by atoms with van der Waals surface area (Å²) in [4.78, 5) is 34.8. The highest BCUT2D eigenvalue weighted by molar-refractivity contribution is 6.32. The number of halogens is 5. The molecule has 1 aliphatic heterocycles. The van der Waals surface area contributed by atoms with Crippen LogP contribution in [-0.4, -0.2) is 53.0 Å². The van der Waals surface area contributed by atoms with Crippen molar-refractivity contribution in [2.45, 2.75) is 36.9 Å². The Morgan fingerprint density at radius 1 is 1.24 bits per heavy atom. The molecule has 2 aromatic rings. The largest absolute Gasteiger partial charge is 0.573 e. The number of benzene rings is 1. The molecule has 0 spiro atoms. The molecule has 0 saturated carbocycles. The van der Waals surface area contributed by atoms with E-state index in [9.17, 15) is 27.2 Å². The minimum atomic E-state index is -4.93. The molecule has 1 saturated heterocycles. The molecular weight excluding hydrogens is 472 g/mol. The Kier molecular flexibility index (Phi) is 7.38. The molecule has 3 atom stereocenters. The lowest BCUT2D eigenvalue weighted by Gasteiger charge is -2.40. The van der Waals surface area contributed by atoms with Gasteiger partial charge in [0, 0.05) is 30.3 Å². The van der Waals surface area contributed by atoms with Crippen molar-refractivity contribution in [3.05, 3.63) is 48.5 Å². The highest BCUT2D eigenvalue weighted by atomic mass is 35.5. The van der Waals surface area contributed by atoms with Crippen molar-refractivity contribution >= 4 is 29.1 Å². The average molecular weight is 491 g/mol. The van der Waals surface area contributed by atoms with Crippen molar-refractivity contribution in [1.82, 2.24) is 15.3 Å². The maximum atomic E-state index is 14.1. The fourth-order valence-electron chi connectivity index (χ4n) is 3.39. The van der Waals surface area contributed by atoms with E-state index in [4.69, 9.17) is 16.3 Å². The van der Waals surface area contributed by atoms with Gasteiger partial charge < -0.3 is 14.8 Å². The highest BCUT2D eigenvalue weighted by Gasteiger charge is 2.47. The molecule has 33 heavy (non-hydrogen) atoms. The van der Waals surface area contributed by atoms with Crippen LogP contribution in [-0.2, 0) is 19.9 Å². The SMILES string of the molecule is C[C@@](C(=O)NC1CCOC1)(c1cncnc1)N(C(=O)[C@H](F)Cl)c1ccc(OC(F)(F)F)cc1. The van der Waals surface area contributed by atoms with E-state index in [1.54, 1.807) is 0 Å². The van der Waals surface area contributed by atoms with Gasteiger partial charge in [-0.05, 0) is 37.6 Å². The van der Waals surface area contributed by atoms with E-state index in [2.05, 4.69) is 20.0 Å². The van der Waals surface area contributed by atoms with Crippen LogP contribution >= 0.6 is 11.6 Å². The average Bonchev–Trinajstić information content (AvgIpc) is 3.27. The van der Waals surface area contributed by atoms with Gasteiger partial charge in [-0.3, -0.25) is 14.5 Å². The number of anilines is 1. The summed E-state index contributed by atoms with van der Waals surface area (Å²) in [5.74, 6) is -2.60. The molecule has 1 aliphatic rings. The number of hydrogen-bond donors (Lipinski definition) is 1. The number of nitrogens with zero attached hydrogens (tertiary/aromatic N) is 3. The van der Waals surface area contributed by atoms with Gasteiger partial charge in [-0.15, -0.1) is 13.2 Å². The summed E-state index contributed by atoms with van der Waals surface area (Å²) in [6, 6.07) is 3.64. The van der Waals surface area contributed by atoms with Crippen LogP contribution in [0.1, 0.15) is 18.9 Å². The number of amides is 2. The molecule has 1 fully saturated rings. The fraction of sp³-hybridized carbons (Fsp3) is 0.400. The Bertz CT molecular complexity index is 972. The molecule has 13 heteroatoms. The lowest BCUT2D eigenvalue weighted by molar-refractivity contribution is -0.274. The van der Waals surface area contributed by atoms with E-state index in [1.165, 1.54) is 25.6 Å².